The summed E-state index contributed by atoms with van der Waals surface area (Å²) in [6, 6.07) is 29.2. The Balaban J connectivity index is 1.23. The molecule has 2 aliphatic heterocycles. The lowest BCUT2D eigenvalue weighted by atomic mass is 9.49. The van der Waals surface area contributed by atoms with E-state index in [0.717, 1.165) is 27.8 Å². The minimum Gasteiger partial charge on any atom is -0.278 e. The van der Waals surface area contributed by atoms with Gasteiger partial charge >= 0.3 is 0 Å². The van der Waals surface area contributed by atoms with E-state index in [1.165, 1.54) is 9.80 Å². The number of amides is 4. The summed E-state index contributed by atoms with van der Waals surface area (Å²) < 4.78 is 0. The lowest BCUT2D eigenvalue weighted by Crippen LogP contribution is -2.51. The Morgan fingerprint density at radius 3 is 1.69 bits per heavy atom. The predicted octanol–water partition coefficient (Wildman–Crippen LogP) is 4.88. The monoisotopic (exact) mass is 554 g/mol. The normalized spacial score (nSPS) is 31.1. The number of rotatable bonds is 5. The molecule has 0 spiro atoms. The molecule has 6 nitrogen and oxygen atoms in total. The van der Waals surface area contributed by atoms with Crippen LogP contribution in [0, 0.1) is 41.4 Å². The number of carbonyl (C=O) groups excluding carboxylic acids is 4. The summed E-state index contributed by atoms with van der Waals surface area (Å²) in [4.78, 5) is 59.0. The third-order valence-electron chi connectivity index (χ3n) is 10.2. The van der Waals surface area contributed by atoms with Gasteiger partial charge in [-0.05, 0) is 34.6 Å². The Morgan fingerprint density at radius 2 is 1.07 bits per heavy atom. The maximum atomic E-state index is 14.2. The van der Waals surface area contributed by atoms with E-state index < -0.39 is 23.7 Å². The van der Waals surface area contributed by atoms with Gasteiger partial charge in [0.05, 0.1) is 36.8 Å². The van der Waals surface area contributed by atoms with Gasteiger partial charge in [-0.3, -0.25) is 29.0 Å². The van der Waals surface area contributed by atoms with E-state index in [9.17, 15) is 19.2 Å². The zero-order valence-electron chi connectivity index (χ0n) is 23.0. The Kier molecular flexibility index (Phi) is 5.68. The second kappa shape index (κ2) is 9.48. The van der Waals surface area contributed by atoms with Crippen LogP contribution in [0.15, 0.2) is 109 Å². The van der Waals surface area contributed by atoms with Crippen molar-refractivity contribution in [1.29, 1.82) is 0 Å². The second-order valence-corrected chi connectivity index (χ2v) is 12.2. The third-order valence-corrected chi connectivity index (χ3v) is 10.2. The van der Waals surface area contributed by atoms with Gasteiger partial charge in [0.25, 0.3) is 0 Å². The van der Waals surface area contributed by atoms with Crippen LogP contribution < -0.4 is 0 Å². The number of hydrogen-bond donors (Lipinski definition) is 0. The van der Waals surface area contributed by atoms with Gasteiger partial charge in [0.15, 0.2) is 0 Å². The van der Waals surface area contributed by atoms with Crippen LogP contribution in [0.5, 0.6) is 0 Å². The molecule has 2 saturated heterocycles. The lowest BCUT2D eigenvalue weighted by molar-refractivity contribution is -0.143. The second-order valence-electron chi connectivity index (χ2n) is 12.2. The third kappa shape index (κ3) is 3.57. The zero-order valence-corrected chi connectivity index (χ0v) is 23.0. The van der Waals surface area contributed by atoms with Crippen molar-refractivity contribution in [3.05, 3.63) is 125 Å². The molecule has 4 aliphatic carbocycles. The minimum atomic E-state index is -0.534. The average Bonchev–Trinajstić information content (AvgIpc) is 3.43. The number of benzene rings is 3. The van der Waals surface area contributed by atoms with Gasteiger partial charge in [0.1, 0.15) is 0 Å². The highest BCUT2D eigenvalue weighted by Gasteiger charge is 2.66. The maximum absolute atomic E-state index is 14.2. The summed E-state index contributed by atoms with van der Waals surface area (Å²) in [6.07, 6.45) is 4.63. The highest BCUT2D eigenvalue weighted by molar-refractivity contribution is 6.09. The molecule has 0 radical (unpaired) electrons. The molecule has 0 N–H and O–H groups in total. The van der Waals surface area contributed by atoms with Crippen molar-refractivity contribution in [1.82, 2.24) is 9.80 Å². The van der Waals surface area contributed by atoms with E-state index >= 15 is 0 Å². The van der Waals surface area contributed by atoms with Crippen molar-refractivity contribution in [2.24, 2.45) is 41.4 Å². The molecule has 3 fully saturated rings. The molecule has 4 amide bonds. The van der Waals surface area contributed by atoms with Crippen LogP contribution in [-0.4, -0.2) is 33.4 Å². The summed E-state index contributed by atoms with van der Waals surface area (Å²) in [5.41, 5.74) is 4.99. The summed E-state index contributed by atoms with van der Waals surface area (Å²) in [5, 5.41) is 0. The molecule has 3 aromatic rings. The number of carbonyl (C=O) groups is 4. The van der Waals surface area contributed by atoms with E-state index in [1.54, 1.807) is 0 Å². The van der Waals surface area contributed by atoms with E-state index in [-0.39, 0.29) is 54.5 Å². The molecule has 9 rings (SSSR count). The number of fused-ring (bicyclic) bond motifs is 1. The minimum absolute atomic E-state index is 0.131. The highest BCUT2D eigenvalue weighted by Crippen LogP contribution is 2.63. The van der Waals surface area contributed by atoms with Gasteiger partial charge in [0, 0.05) is 11.8 Å². The molecule has 6 heteroatoms. The molecule has 2 heterocycles. The average molecular weight is 555 g/mol. The quantitative estimate of drug-likeness (QED) is 0.333. The number of likely N-dealkylation sites (tertiary alicyclic amines) is 2. The zero-order chi connectivity index (χ0) is 28.5. The summed E-state index contributed by atoms with van der Waals surface area (Å²) in [6.45, 7) is 0.487. The van der Waals surface area contributed by atoms with Crippen LogP contribution in [0.2, 0.25) is 0 Å². The standard InChI is InChI=1S/C36H30N2O4/c39-33-27-18-26(23-14-8-3-9-15-23)28-24-16-17-25(29(28)32(27)36(42)37(33)19-21-10-4-1-5-11-21)31-30(24)34(40)38(35(31)41)20-22-12-6-2-7-13-22/h1-17,24-25,27,29-32H,18-20H2/t24-,25+,27+,29-,30+,31-,32+/m0/s1. The molecular formula is C36H30N2O4. The number of hydrogen-bond acceptors (Lipinski definition) is 4. The predicted molar refractivity (Wildman–Crippen MR) is 156 cm³/mol. The molecule has 2 bridgehead atoms. The molecular weight excluding hydrogens is 524 g/mol. The smallest absolute Gasteiger partial charge is 0.234 e. The van der Waals surface area contributed by atoms with Crippen LogP contribution >= 0.6 is 0 Å². The van der Waals surface area contributed by atoms with Crippen molar-refractivity contribution in [2.75, 3.05) is 0 Å². The van der Waals surface area contributed by atoms with Crippen LogP contribution in [0.25, 0.3) is 5.57 Å². The molecule has 208 valence electrons. The molecule has 0 aromatic heterocycles. The van der Waals surface area contributed by atoms with Gasteiger partial charge < -0.3 is 0 Å². The molecule has 0 unspecified atom stereocenters. The first-order valence-corrected chi connectivity index (χ1v) is 14.8. The van der Waals surface area contributed by atoms with Gasteiger partial charge in [-0.25, -0.2) is 0 Å². The van der Waals surface area contributed by atoms with Crippen molar-refractivity contribution in [3.63, 3.8) is 0 Å². The number of imide groups is 2. The fourth-order valence-corrected chi connectivity index (χ4v) is 8.49. The molecule has 1 saturated carbocycles. The van der Waals surface area contributed by atoms with E-state index in [4.69, 9.17) is 0 Å². The number of nitrogens with zero attached hydrogens (tertiary/aromatic N) is 2. The van der Waals surface area contributed by atoms with Crippen LogP contribution in [0.4, 0.5) is 0 Å². The van der Waals surface area contributed by atoms with Crippen molar-refractivity contribution >= 4 is 29.2 Å². The molecule has 3 aromatic carbocycles. The van der Waals surface area contributed by atoms with E-state index in [0.29, 0.717) is 6.42 Å². The number of allylic oxidation sites excluding steroid dienone is 4. The first kappa shape index (κ1) is 25.2. The lowest BCUT2D eigenvalue weighted by Gasteiger charge is -2.51. The fraction of sp³-hybridized carbons (Fsp3) is 0.278. The molecule has 6 aliphatic rings. The van der Waals surface area contributed by atoms with E-state index in [2.05, 4.69) is 24.3 Å². The highest BCUT2D eigenvalue weighted by atomic mass is 16.2. The Morgan fingerprint density at radius 1 is 0.548 bits per heavy atom. The summed E-state index contributed by atoms with van der Waals surface area (Å²) >= 11 is 0. The topological polar surface area (TPSA) is 74.8 Å². The Hall–Kier alpha value is -4.58. The van der Waals surface area contributed by atoms with Gasteiger partial charge in [0.2, 0.25) is 23.6 Å². The Labute approximate surface area is 244 Å². The first-order chi connectivity index (χ1) is 20.5. The fourth-order valence-electron chi connectivity index (χ4n) is 8.49. The van der Waals surface area contributed by atoms with Gasteiger partial charge in [-0.15, -0.1) is 0 Å². The van der Waals surface area contributed by atoms with Crippen LogP contribution in [-0.2, 0) is 32.3 Å². The summed E-state index contributed by atoms with van der Waals surface area (Å²) in [7, 11) is 0. The SMILES string of the molecule is O=C1[C@H]2[C@@H]3C=C[C@@H](C4=C(c5ccccc5)C[C@H]5C(=O)N(Cc6ccccc6)C(=O)[C@H]5[C@H]43)[C@H]2C(=O)N1Cc1ccccc1. The molecule has 7 atom stereocenters. The first-order valence-electron chi connectivity index (χ1n) is 14.8. The van der Waals surface area contributed by atoms with Crippen molar-refractivity contribution < 1.29 is 19.2 Å². The Bertz CT molecular complexity index is 1680. The van der Waals surface area contributed by atoms with Gasteiger partial charge in [-0.1, -0.05) is 109 Å². The van der Waals surface area contributed by atoms with Crippen molar-refractivity contribution in [2.45, 2.75) is 19.5 Å². The largest absolute Gasteiger partial charge is 0.278 e. The van der Waals surface area contributed by atoms with Crippen LogP contribution in [0.3, 0.4) is 0 Å². The van der Waals surface area contributed by atoms with Crippen LogP contribution in [0.1, 0.15) is 23.1 Å². The maximum Gasteiger partial charge on any atom is 0.234 e. The summed E-state index contributed by atoms with van der Waals surface area (Å²) in [5.74, 6) is -3.48. The molecule has 42 heavy (non-hydrogen) atoms. The van der Waals surface area contributed by atoms with Gasteiger partial charge in [-0.2, -0.15) is 0 Å². The van der Waals surface area contributed by atoms with Crippen molar-refractivity contribution in [3.8, 4) is 0 Å². The van der Waals surface area contributed by atoms with E-state index in [1.807, 2.05) is 78.9 Å².